The summed E-state index contributed by atoms with van der Waals surface area (Å²) in [5.41, 5.74) is 2.74. The molecule has 0 bridgehead atoms. The van der Waals surface area contributed by atoms with Crippen molar-refractivity contribution in [1.29, 1.82) is 0 Å². The fraction of sp³-hybridized carbons (Fsp3) is 0.375. The van der Waals surface area contributed by atoms with Gasteiger partial charge in [-0.25, -0.2) is 0 Å². The second-order valence-corrected chi connectivity index (χ2v) is 8.48. The number of aromatic nitrogens is 1. The van der Waals surface area contributed by atoms with Crippen molar-refractivity contribution in [1.82, 2.24) is 4.57 Å². The van der Waals surface area contributed by atoms with E-state index in [2.05, 4.69) is 18.8 Å². The Kier molecular flexibility index (Phi) is 7.69. The number of methoxy groups -OCH3 is 2. The quantitative estimate of drug-likeness (QED) is 0.477. The van der Waals surface area contributed by atoms with E-state index in [0.717, 1.165) is 10.3 Å². The Morgan fingerprint density at radius 1 is 1.03 bits per heavy atom. The van der Waals surface area contributed by atoms with Crippen LogP contribution in [-0.2, 0) is 27.3 Å². The molecule has 1 heterocycles. The van der Waals surface area contributed by atoms with Crippen LogP contribution >= 0.6 is 11.3 Å². The maximum Gasteiger partial charge on any atom is 0.326 e. The van der Waals surface area contributed by atoms with Gasteiger partial charge in [-0.15, -0.1) is 0 Å². The van der Waals surface area contributed by atoms with E-state index in [9.17, 15) is 9.59 Å². The summed E-state index contributed by atoms with van der Waals surface area (Å²) >= 11 is 1.27. The van der Waals surface area contributed by atoms with E-state index in [1.807, 2.05) is 24.3 Å². The molecule has 3 rings (SSSR count). The molecule has 1 aromatic heterocycles. The molecule has 0 spiro atoms. The molecule has 1 amide bonds. The van der Waals surface area contributed by atoms with Gasteiger partial charge >= 0.3 is 5.97 Å². The van der Waals surface area contributed by atoms with Crippen LogP contribution in [0, 0.1) is 0 Å². The zero-order valence-corrected chi connectivity index (χ0v) is 19.8. The number of hydrogen-bond donors (Lipinski definition) is 0. The number of carbonyl (C=O) groups excluding carboxylic acids is 2. The first-order valence-corrected chi connectivity index (χ1v) is 11.3. The van der Waals surface area contributed by atoms with Crippen LogP contribution in [0.5, 0.6) is 11.5 Å². The minimum absolute atomic E-state index is 0.0907. The van der Waals surface area contributed by atoms with Crippen LogP contribution in [0.2, 0.25) is 0 Å². The molecule has 0 atom stereocenters. The molecular formula is C24H28N2O5S. The molecule has 0 radical (unpaired) electrons. The monoisotopic (exact) mass is 456 g/mol. The number of nitrogens with zero attached hydrogens (tertiary/aromatic N) is 2. The lowest BCUT2D eigenvalue weighted by Gasteiger charge is -2.10. The van der Waals surface area contributed by atoms with Gasteiger partial charge in [0, 0.05) is 0 Å². The second-order valence-electron chi connectivity index (χ2n) is 7.50. The third-order valence-electron chi connectivity index (χ3n) is 5.01. The number of benzene rings is 2. The predicted molar refractivity (Wildman–Crippen MR) is 124 cm³/mol. The summed E-state index contributed by atoms with van der Waals surface area (Å²) in [6.45, 7) is 6.17. The summed E-state index contributed by atoms with van der Waals surface area (Å²) in [5, 5.41) is 0. The molecule has 0 saturated heterocycles. The first kappa shape index (κ1) is 23.5. The van der Waals surface area contributed by atoms with E-state index < -0.39 is 5.97 Å². The third kappa shape index (κ3) is 5.19. The van der Waals surface area contributed by atoms with Crippen molar-refractivity contribution in [2.75, 3.05) is 20.8 Å². The Bertz CT molecular complexity index is 1180. The number of rotatable bonds is 8. The lowest BCUT2D eigenvalue weighted by molar-refractivity contribution is -0.143. The summed E-state index contributed by atoms with van der Waals surface area (Å²) in [6, 6.07) is 11.5. The molecule has 0 fully saturated rings. The Morgan fingerprint density at radius 3 is 2.28 bits per heavy atom. The third-order valence-corrected chi connectivity index (χ3v) is 6.10. The van der Waals surface area contributed by atoms with E-state index in [-0.39, 0.29) is 25.5 Å². The second kappa shape index (κ2) is 10.5. The molecule has 0 unspecified atom stereocenters. The Hall–Kier alpha value is -3.13. The number of thiazole rings is 1. The van der Waals surface area contributed by atoms with Crippen molar-refractivity contribution >= 4 is 33.4 Å². The lowest BCUT2D eigenvalue weighted by atomic mass is 10.0. The molecule has 0 N–H and O–H groups in total. The van der Waals surface area contributed by atoms with Crippen LogP contribution in [-0.4, -0.2) is 37.3 Å². The van der Waals surface area contributed by atoms with Crippen LogP contribution in [0.25, 0.3) is 10.2 Å². The van der Waals surface area contributed by atoms with Gasteiger partial charge in [0.15, 0.2) is 4.80 Å². The Morgan fingerprint density at radius 2 is 1.69 bits per heavy atom. The first-order valence-electron chi connectivity index (χ1n) is 10.4. The fourth-order valence-corrected chi connectivity index (χ4v) is 4.52. The molecule has 170 valence electrons. The van der Waals surface area contributed by atoms with Crippen molar-refractivity contribution in [3.63, 3.8) is 0 Å². The molecule has 32 heavy (non-hydrogen) atoms. The van der Waals surface area contributed by atoms with E-state index in [0.29, 0.717) is 27.7 Å². The summed E-state index contributed by atoms with van der Waals surface area (Å²) in [7, 11) is 3.12. The zero-order valence-electron chi connectivity index (χ0n) is 19.0. The topological polar surface area (TPSA) is 79.1 Å². The smallest absolute Gasteiger partial charge is 0.326 e. The number of fused-ring (bicyclic) bond motifs is 1. The Balaban J connectivity index is 2.05. The first-order chi connectivity index (χ1) is 15.4. The number of hydrogen-bond acceptors (Lipinski definition) is 6. The zero-order chi connectivity index (χ0) is 23.3. The van der Waals surface area contributed by atoms with Gasteiger partial charge in [0.05, 0.1) is 27.2 Å². The maximum absolute atomic E-state index is 12.8. The van der Waals surface area contributed by atoms with Crippen LogP contribution in [0.1, 0.15) is 37.8 Å². The molecule has 8 heteroatoms. The van der Waals surface area contributed by atoms with E-state index in [1.54, 1.807) is 37.8 Å². The molecule has 0 aliphatic carbocycles. The lowest BCUT2D eigenvalue weighted by Crippen LogP contribution is -2.23. The molecular weight excluding hydrogens is 428 g/mol. The molecule has 0 aliphatic heterocycles. The Labute approximate surface area is 191 Å². The summed E-state index contributed by atoms with van der Waals surface area (Å²) in [4.78, 5) is 29.8. The number of esters is 1. The van der Waals surface area contributed by atoms with Crippen molar-refractivity contribution < 1.29 is 23.8 Å². The van der Waals surface area contributed by atoms with Gasteiger partial charge < -0.3 is 18.8 Å². The maximum atomic E-state index is 12.8. The van der Waals surface area contributed by atoms with Crippen LogP contribution in [0.3, 0.4) is 0 Å². The molecule has 2 aromatic carbocycles. The van der Waals surface area contributed by atoms with Crippen LogP contribution in [0.4, 0.5) is 0 Å². The fourth-order valence-electron chi connectivity index (χ4n) is 3.36. The van der Waals surface area contributed by atoms with Gasteiger partial charge in [-0.3, -0.25) is 9.59 Å². The van der Waals surface area contributed by atoms with E-state index in [4.69, 9.17) is 14.2 Å². The SMILES string of the molecule is CCOC(=O)Cn1c(=NC(=O)Cc2ccc(C(C)C)cc2)sc2c(OC)ccc(OC)c21. The average Bonchev–Trinajstić information content (AvgIpc) is 3.11. The summed E-state index contributed by atoms with van der Waals surface area (Å²) < 4.78 is 18.5. The van der Waals surface area contributed by atoms with Crippen molar-refractivity contribution in [2.45, 2.75) is 39.7 Å². The average molecular weight is 457 g/mol. The highest BCUT2D eigenvalue weighted by molar-refractivity contribution is 7.16. The standard InChI is InChI=1S/C24H28N2O5S/c1-6-31-21(28)14-26-22-18(29-4)11-12-19(30-5)23(22)32-24(26)25-20(27)13-16-7-9-17(10-8-16)15(2)3/h7-12,15H,6,13-14H2,1-5H3. The van der Waals surface area contributed by atoms with Crippen LogP contribution < -0.4 is 14.3 Å². The van der Waals surface area contributed by atoms with Gasteiger partial charge in [-0.1, -0.05) is 49.4 Å². The van der Waals surface area contributed by atoms with Gasteiger partial charge in [-0.2, -0.15) is 4.99 Å². The van der Waals surface area contributed by atoms with E-state index in [1.165, 1.54) is 16.9 Å². The van der Waals surface area contributed by atoms with Gasteiger partial charge in [-0.05, 0) is 36.1 Å². The molecule has 3 aromatic rings. The van der Waals surface area contributed by atoms with Gasteiger partial charge in [0.25, 0.3) is 5.91 Å². The summed E-state index contributed by atoms with van der Waals surface area (Å²) in [6.07, 6.45) is 0.167. The number of amides is 1. The number of carbonyl (C=O) groups is 2. The highest BCUT2D eigenvalue weighted by Crippen LogP contribution is 2.35. The highest BCUT2D eigenvalue weighted by atomic mass is 32.1. The minimum atomic E-state index is -0.421. The molecule has 0 saturated carbocycles. The van der Waals surface area contributed by atoms with Crippen molar-refractivity contribution in [3.8, 4) is 11.5 Å². The summed E-state index contributed by atoms with van der Waals surface area (Å²) in [5.74, 6) is 0.871. The van der Waals surface area contributed by atoms with Gasteiger partial charge in [0.2, 0.25) is 0 Å². The van der Waals surface area contributed by atoms with Crippen molar-refractivity contribution in [2.24, 2.45) is 4.99 Å². The minimum Gasteiger partial charge on any atom is -0.495 e. The molecule has 7 nitrogen and oxygen atoms in total. The van der Waals surface area contributed by atoms with Crippen LogP contribution in [0.15, 0.2) is 41.4 Å². The van der Waals surface area contributed by atoms with Gasteiger partial charge in [0.1, 0.15) is 28.3 Å². The van der Waals surface area contributed by atoms with Crippen molar-refractivity contribution in [3.05, 3.63) is 52.3 Å². The largest absolute Gasteiger partial charge is 0.495 e. The highest BCUT2D eigenvalue weighted by Gasteiger charge is 2.19. The normalized spacial score (nSPS) is 11.8. The number of ether oxygens (including phenoxy) is 3. The van der Waals surface area contributed by atoms with E-state index >= 15 is 0 Å². The molecule has 0 aliphatic rings. The predicted octanol–water partition coefficient (Wildman–Crippen LogP) is 4.08.